The van der Waals surface area contributed by atoms with E-state index in [2.05, 4.69) is 0 Å². The van der Waals surface area contributed by atoms with Gasteiger partial charge >= 0.3 is 11.6 Å². The first kappa shape index (κ1) is 21.2. The minimum Gasteiger partial charge on any atom is -0.506 e. The third kappa shape index (κ3) is 3.18. The molecule has 1 aliphatic rings. The zero-order valence-electron chi connectivity index (χ0n) is 15.9. The third-order valence-corrected chi connectivity index (χ3v) is 5.40. The molecule has 0 radical (unpaired) electrons. The fraction of sp³-hybridized carbons (Fsp3) is 0.474. The first-order chi connectivity index (χ1) is 13.6. The monoisotopic (exact) mass is 410 g/mol. The summed E-state index contributed by atoms with van der Waals surface area (Å²) < 4.78 is 16.2. The van der Waals surface area contributed by atoms with Crippen LogP contribution in [-0.4, -0.2) is 69.1 Å². The van der Waals surface area contributed by atoms with E-state index in [1.807, 2.05) is 0 Å². The number of carboxylic acids is 1. The highest BCUT2D eigenvalue weighted by Gasteiger charge is 2.52. The molecule has 158 valence electrons. The van der Waals surface area contributed by atoms with Crippen LogP contribution in [0.4, 0.5) is 0 Å². The molecule has 1 aliphatic heterocycles. The van der Waals surface area contributed by atoms with E-state index in [0.29, 0.717) is 11.1 Å². The molecule has 5 N–H and O–H groups in total. The molecule has 1 saturated heterocycles. The summed E-state index contributed by atoms with van der Waals surface area (Å²) in [5, 5.41) is 50.1. The molecular weight excluding hydrogens is 388 g/mol. The number of carboxylic acid groups (broad SMARTS) is 1. The van der Waals surface area contributed by atoms with Gasteiger partial charge in [-0.1, -0.05) is 6.07 Å². The van der Waals surface area contributed by atoms with E-state index in [1.165, 1.54) is 33.1 Å². The summed E-state index contributed by atoms with van der Waals surface area (Å²) in [7, 11) is 1.32. The number of hydrogen-bond donors (Lipinski definition) is 5. The number of rotatable bonds is 4. The quantitative estimate of drug-likeness (QED) is 0.435. The van der Waals surface area contributed by atoms with Crippen LogP contribution in [0.2, 0.25) is 0 Å². The van der Waals surface area contributed by atoms with E-state index in [4.69, 9.17) is 19.0 Å². The number of carbonyl (C=O) groups is 1. The number of aryl methyl sites for hydroxylation is 1. The van der Waals surface area contributed by atoms with Gasteiger partial charge < -0.3 is 39.4 Å². The lowest BCUT2D eigenvalue weighted by atomic mass is 9.83. The van der Waals surface area contributed by atoms with Crippen molar-refractivity contribution in [2.45, 2.75) is 43.9 Å². The minimum atomic E-state index is -1.63. The molecule has 29 heavy (non-hydrogen) atoms. The number of hydrogen-bond acceptors (Lipinski definition) is 9. The van der Waals surface area contributed by atoms with Gasteiger partial charge in [-0.15, -0.1) is 0 Å². The van der Waals surface area contributed by atoms with Crippen LogP contribution < -0.4 is 5.63 Å². The Morgan fingerprint density at radius 3 is 2.48 bits per heavy atom. The second-order valence-corrected chi connectivity index (χ2v) is 7.22. The van der Waals surface area contributed by atoms with Gasteiger partial charge in [0.05, 0.1) is 12.0 Å². The predicted octanol–water partition coefficient (Wildman–Crippen LogP) is 0.0643. The van der Waals surface area contributed by atoms with Gasteiger partial charge in [-0.25, -0.2) is 9.59 Å². The van der Waals surface area contributed by atoms with Crippen molar-refractivity contribution in [3.63, 3.8) is 0 Å². The Bertz CT molecular complexity index is 1010. The summed E-state index contributed by atoms with van der Waals surface area (Å²) >= 11 is 0. The largest absolute Gasteiger partial charge is 0.506 e. The fourth-order valence-electron chi connectivity index (χ4n) is 3.81. The maximum absolute atomic E-state index is 12.0. The molecule has 0 spiro atoms. The molecule has 2 heterocycles. The van der Waals surface area contributed by atoms with Gasteiger partial charge in [0, 0.05) is 7.11 Å². The highest BCUT2D eigenvalue weighted by Crippen LogP contribution is 2.42. The zero-order valence-corrected chi connectivity index (χ0v) is 15.9. The Balaban J connectivity index is 2.18. The van der Waals surface area contributed by atoms with Gasteiger partial charge in [0.25, 0.3) is 0 Å². The number of aliphatic hydroxyl groups is 3. The van der Waals surface area contributed by atoms with Crippen molar-refractivity contribution in [1.82, 2.24) is 0 Å². The summed E-state index contributed by atoms with van der Waals surface area (Å²) in [6, 6.07) is 2.78. The summed E-state index contributed by atoms with van der Waals surface area (Å²) in [6.07, 6.45) is -4.95. The number of benzene rings is 1. The molecule has 1 aromatic heterocycles. The Kier molecular flexibility index (Phi) is 5.41. The first-order valence-electron chi connectivity index (χ1n) is 8.77. The molecule has 0 unspecified atom stereocenters. The number of aromatic hydroxyl groups is 1. The highest BCUT2D eigenvalue weighted by atomic mass is 16.6. The lowest BCUT2D eigenvalue weighted by Crippen LogP contribution is -2.62. The van der Waals surface area contributed by atoms with Crippen molar-refractivity contribution < 1.29 is 44.2 Å². The van der Waals surface area contributed by atoms with Crippen molar-refractivity contribution in [2.75, 3.05) is 13.7 Å². The molecule has 0 amide bonds. The van der Waals surface area contributed by atoms with E-state index in [0.717, 1.165) is 0 Å². The highest BCUT2D eigenvalue weighted by molar-refractivity contribution is 5.98. The molecule has 5 atom stereocenters. The molecule has 0 bridgehead atoms. The van der Waals surface area contributed by atoms with Crippen LogP contribution in [0.25, 0.3) is 11.0 Å². The van der Waals surface area contributed by atoms with E-state index in [9.17, 15) is 30.0 Å². The van der Waals surface area contributed by atoms with Crippen molar-refractivity contribution in [3.05, 3.63) is 39.2 Å². The van der Waals surface area contributed by atoms with E-state index in [1.54, 1.807) is 0 Å². The maximum atomic E-state index is 12.0. The Morgan fingerprint density at radius 1 is 1.28 bits per heavy atom. The van der Waals surface area contributed by atoms with Crippen molar-refractivity contribution in [2.24, 2.45) is 0 Å². The molecule has 1 fully saturated rings. The first-order valence-corrected chi connectivity index (χ1v) is 8.77. The third-order valence-electron chi connectivity index (χ3n) is 5.40. The van der Waals surface area contributed by atoms with Crippen LogP contribution in [-0.2, 0) is 9.47 Å². The number of aliphatic hydroxyl groups excluding tert-OH is 3. The van der Waals surface area contributed by atoms with Crippen LogP contribution in [0.5, 0.6) is 5.75 Å². The number of fused-ring (bicyclic) bond motifs is 1. The van der Waals surface area contributed by atoms with E-state index >= 15 is 0 Å². The van der Waals surface area contributed by atoms with Crippen LogP contribution in [0.15, 0.2) is 21.3 Å². The molecule has 10 nitrogen and oxygen atoms in total. The van der Waals surface area contributed by atoms with Gasteiger partial charge in [0.1, 0.15) is 41.3 Å². The standard InChI is InChI=1S/C19H22O10/c1-7-8(15-12(22)13(23)16(27-3)19(2,6-20)29-15)4-5-9-11(21)10(17(24)25)18(26)28-14(7)9/h4-5,12-13,15-16,20-23H,6H2,1-3H3,(H,24,25)/t12-,13-,15+,16-,19-/m1/s1. The van der Waals surface area contributed by atoms with Crippen molar-refractivity contribution in [1.29, 1.82) is 0 Å². The van der Waals surface area contributed by atoms with Crippen molar-refractivity contribution in [3.8, 4) is 5.75 Å². The van der Waals surface area contributed by atoms with Crippen molar-refractivity contribution >= 4 is 16.9 Å². The molecular formula is C19H22O10. The SMILES string of the molecule is CO[C@@H]1[C@H](O)[C@@H](O)[C@H](c2ccc3c(O)c(C(=O)O)c(=O)oc3c2C)O[C@]1(C)CO. The second kappa shape index (κ2) is 7.39. The lowest BCUT2D eigenvalue weighted by molar-refractivity contribution is -0.279. The van der Waals surface area contributed by atoms with Gasteiger partial charge in [0.2, 0.25) is 0 Å². The van der Waals surface area contributed by atoms with Gasteiger partial charge in [-0.05, 0) is 31.0 Å². The predicted molar refractivity (Wildman–Crippen MR) is 98.0 cm³/mol. The molecule has 1 aromatic carbocycles. The van der Waals surface area contributed by atoms with Crippen LogP contribution >= 0.6 is 0 Å². The molecule has 0 saturated carbocycles. The van der Waals surface area contributed by atoms with Gasteiger partial charge in [0.15, 0.2) is 5.56 Å². The Hall–Kier alpha value is -2.50. The molecule has 10 heteroatoms. The van der Waals surface area contributed by atoms with Crippen LogP contribution in [0.1, 0.15) is 34.5 Å². The summed E-state index contributed by atoms with van der Waals surface area (Å²) in [5.41, 5.74) is -2.92. The fourth-order valence-corrected chi connectivity index (χ4v) is 3.81. The number of methoxy groups -OCH3 is 1. The Morgan fingerprint density at radius 2 is 1.93 bits per heavy atom. The molecule has 0 aliphatic carbocycles. The maximum Gasteiger partial charge on any atom is 0.354 e. The molecule has 3 rings (SSSR count). The Labute approximate surface area is 164 Å². The van der Waals surface area contributed by atoms with Crippen LogP contribution in [0.3, 0.4) is 0 Å². The lowest BCUT2D eigenvalue weighted by Gasteiger charge is -2.48. The van der Waals surface area contributed by atoms with E-state index in [-0.39, 0.29) is 11.0 Å². The van der Waals surface area contributed by atoms with Gasteiger partial charge in [-0.2, -0.15) is 0 Å². The number of aromatic carboxylic acids is 1. The summed E-state index contributed by atoms with van der Waals surface area (Å²) in [5.74, 6) is -2.36. The van der Waals surface area contributed by atoms with Crippen LogP contribution in [0, 0.1) is 6.92 Å². The minimum absolute atomic E-state index is 0.00575. The second-order valence-electron chi connectivity index (χ2n) is 7.22. The number of ether oxygens (including phenoxy) is 2. The smallest absolute Gasteiger partial charge is 0.354 e. The van der Waals surface area contributed by atoms with E-state index < -0.39 is 59.5 Å². The summed E-state index contributed by atoms with van der Waals surface area (Å²) in [4.78, 5) is 23.2. The normalized spacial score (nSPS) is 29.9. The summed E-state index contributed by atoms with van der Waals surface area (Å²) in [6.45, 7) is 2.54. The average Bonchev–Trinajstić information content (AvgIpc) is 2.66. The zero-order chi connectivity index (χ0) is 21.7. The molecule has 2 aromatic rings. The van der Waals surface area contributed by atoms with Gasteiger partial charge in [-0.3, -0.25) is 0 Å². The topological polar surface area (TPSA) is 167 Å². The average molecular weight is 410 g/mol.